The number of nitrogens with one attached hydrogen (secondary N) is 1. The van der Waals surface area contributed by atoms with Gasteiger partial charge in [-0.1, -0.05) is 0 Å². The first-order valence-electron chi connectivity index (χ1n) is 6.99. The normalized spacial score (nSPS) is 24.0. The molecule has 1 saturated heterocycles. The number of rotatable bonds is 4. The Kier molecular flexibility index (Phi) is 4.75. The molecular formula is C14H23N3O3S. The van der Waals surface area contributed by atoms with Crippen LogP contribution in [0.3, 0.4) is 0 Å². The minimum Gasteiger partial charge on any atom is -0.495 e. The summed E-state index contributed by atoms with van der Waals surface area (Å²) < 4.78 is 33.0. The van der Waals surface area contributed by atoms with Crippen molar-refractivity contribution in [2.45, 2.75) is 36.7 Å². The van der Waals surface area contributed by atoms with E-state index in [-0.39, 0.29) is 10.9 Å². The number of nitrogens with two attached hydrogens (primary N) is 1. The fourth-order valence-electron chi connectivity index (χ4n) is 2.58. The summed E-state index contributed by atoms with van der Waals surface area (Å²) in [6.07, 6.45) is 1.59. The highest BCUT2D eigenvalue weighted by Crippen LogP contribution is 2.27. The minimum atomic E-state index is -3.64. The molecule has 0 amide bonds. The van der Waals surface area contributed by atoms with Crippen molar-refractivity contribution in [2.75, 3.05) is 26.4 Å². The molecule has 3 N–H and O–H groups in total. The highest BCUT2D eigenvalue weighted by Gasteiger charge is 2.28. The van der Waals surface area contributed by atoms with Gasteiger partial charge in [0.2, 0.25) is 10.0 Å². The Balaban J connectivity index is 2.21. The number of ether oxygens (including phenoxy) is 1. The number of hydrogen-bond donors (Lipinski definition) is 2. The molecule has 1 aromatic rings. The Morgan fingerprint density at radius 2 is 2.14 bits per heavy atom. The number of methoxy groups -OCH3 is 1. The molecule has 1 heterocycles. The maximum atomic E-state index is 12.6. The standard InChI is InChI=1S/C14H23N3O3S/c1-10-8-12(6-7-17(10)2)16-21(18,19)14-9-11(15)4-5-13(14)20-3/h4-5,9-10,12,16H,6-8,15H2,1-3H3. The van der Waals surface area contributed by atoms with Crippen LogP contribution in [0.5, 0.6) is 5.75 Å². The maximum absolute atomic E-state index is 12.6. The molecule has 1 aliphatic heterocycles. The third-order valence-corrected chi connectivity index (χ3v) is 5.55. The van der Waals surface area contributed by atoms with Crippen LogP contribution in [0.15, 0.2) is 23.1 Å². The Labute approximate surface area is 126 Å². The summed E-state index contributed by atoms with van der Waals surface area (Å²) in [7, 11) is -0.141. The van der Waals surface area contributed by atoms with Gasteiger partial charge in [0.1, 0.15) is 10.6 Å². The van der Waals surface area contributed by atoms with Crippen molar-refractivity contribution in [3.63, 3.8) is 0 Å². The molecule has 2 atom stereocenters. The zero-order chi connectivity index (χ0) is 15.6. The average Bonchev–Trinajstić information content (AvgIpc) is 2.42. The summed E-state index contributed by atoms with van der Waals surface area (Å²) in [6, 6.07) is 4.91. The van der Waals surface area contributed by atoms with Gasteiger partial charge >= 0.3 is 0 Å². The number of hydrogen-bond acceptors (Lipinski definition) is 5. The Morgan fingerprint density at radius 3 is 2.76 bits per heavy atom. The topological polar surface area (TPSA) is 84.7 Å². The lowest BCUT2D eigenvalue weighted by atomic mass is 10.0. The third kappa shape index (κ3) is 3.66. The van der Waals surface area contributed by atoms with Gasteiger partial charge in [0, 0.05) is 17.8 Å². The molecule has 1 aliphatic rings. The van der Waals surface area contributed by atoms with Crippen LogP contribution in [-0.4, -0.2) is 46.1 Å². The SMILES string of the molecule is COc1ccc(N)cc1S(=O)(=O)NC1CCN(C)C(C)C1. The first-order valence-corrected chi connectivity index (χ1v) is 8.48. The Morgan fingerprint density at radius 1 is 1.43 bits per heavy atom. The van der Waals surface area contributed by atoms with Crippen molar-refractivity contribution < 1.29 is 13.2 Å². The van der Waals surface area contributed by atoms with E-state index in [0.29, 0.717) is 17.5 Å². The fourth-order valence-corrected chi connectivity index (χ4v) is 4.07. The molecule has 1 fully saturated rings. The van der Waals surface area contributed by atoms with Crippen LogP contribution in [-0.2, 0) is 10.0 Å². The molecule has 0 aliphatic carbocycles. The van der Waals surface area contributed by atoms with Gasteiger partial charge in [0.25, 0.3) is 0 Å². The number of nitrogen functional groups attached to an aromatic ring is 1. The Hall–Kier alpha value is -1.31. The van der Waals surface area contributed by atoms with Gasteiger partial charge in [-0.25, -0.2) is 13.1 Å². The number of nitrogens with zero attached hydrogens (tertiary/aromatic N) is 1. The molecule has 6 nitrogen and oxygen atoms in total. The lowest BCUT2D eigenvalue weighted by molar-refractivity contribution is 0.178. The van der Waals surface area contributed by atoms with Gasteiger partial charge in [0.05, 0.1) is 7.11 Å². The number of benzene rings is 1. The van der Waals surface area contributed by atoms with Crippen LogP contribution in [0.2, 0.25) is 0 Å². The minimum absolute atomic E-state index is 0.0627. The monoisotopic (exact) mass is 313 g/mol. The number of piperidine rings is 1. The quantitative estimate of drug-likeness (QED) is 0.811. The largest absolute Gasteiger partial charge is 0.495 e. The summed E-state index contributed by atoms with van der Waals surface area (Å²) in [5.41, 5.74) is 6.09. The molecular weight excluding hydrogens is 290 g/mol. The van der Waals surface area contributed by atoms with Crippen molar-refractivity contribution in [3.05, 3.63) is 18.2 Å². The predicted octanol–water partition coefficient (Wildman–Crippen LogP) is 1.04. The summed E-state index contributed by atoms with van der Waals surface area (Å²) in [4.78, 5) is 2.32. The second-order valence-electron chi connectivity index (χ2n) is 5.58. The lowest BCUT2D eigenvalue weighted by Gasteiger charge is -2.35. The van der Waals surface area contributed by atoms with Crippen molar-refractivity contribution in [2.24, 2.45) is 0 Å². The van der Waals surface area contributed by atoms with Gasteiger partial charge in [0.15, 0.2) is 0 Å². The second-order valence-corrected chi connectivity index (χ2v) is 7.26. The van der Waals surface area contributed by atoms with E-state index >= 15 is 0 Å². The fraction of sp³-hybridized carbons (Fsp3) is 0.571. The van der Waals surface area contributed by atoms with Crippen LogP contribution >= 0.6 is 0 Å². The second kappa shape index (κ2) is 6.21. The molecule has 0 spiro atoms. The molecule has 0 bridgehead atoms. The zero-order valence-corrected chi connectivity index (χ0v) is 13.5. The van der Waals surface area contributed by atoms with Crippen LogP contribution in [0.1, 0.15) is 19.8 Å². The van der Waals surface area contributed by atoms with Crippen molar-refractivity contribution in [3.8, 4) is 5.75 Å². The number of likely N-dealkylation sites (tertiary alicyclic amines) is 1. The van der Waals surface area contributed by atoms with Crippen LogP contribution < -0.4 is 15.2 Å². The summed E-state index contributed by atoms with van der Waals surface area (Å²) in [6.45, 7) is 2.98. The molecule has 2 rings (SSSR count). The first kappa shape index (κ1) is 16.1. The first-order chi connectivity index (χ1) is 9.83. The van der Waals surface area contributed by atoms with E-state index in [4.69, 9.17) is 10.5 Å². The molecule has 0 aromatic heterocycles. The smallest absolute Gasteiger partial charge is 0.244 e. The van der Waals surface area contributed by atoms with E-state index in [2.05, 4.69) is 23.6 Å². The van der Waals surface area contributed by atoms with Gasteiger partial charge in [-0.05, 0) is 51.6 Å². The van der Waals surface area contributed by atoms with E-state index in [0.717, 1.165) is 19.4 Å². The van der Waals surface area contributed by atoms with Crippen LogP contribution in [0.25, 0.3) is 0 Å². The van der Waals surface area contributed by atoms with Gasteiger partial charge in [-0.15, -0.1) is 0 Å². The highest BCUT2D eigenvalue weighted by molar-refractivity contribution is 7.89. The van der Waals surface area contributed by atoms with Crippen molar-refractivity contribution >= 4 is 15.7 Å². The molecule has 2 unspecified atom stereocenters. The molecule has 0 saturated carbocycles. The maximum Gasteiger partial charge on any atom is 0.244 e. The summed E-state index contributed by atoms with van der Waals surface area (Å²) >= 11 is 0. The average molecular weight is 313 g/mol. The van der Waals surface area contributed by atoms with Crippen molar-refractivity contribution in [1.29, 1.82) is 0 Å². The summed E-state index contributed by atoms with van der Waals surface area (Å²) in [5, 5.41) is 0. The lowest BCUT2D eigenvalue weighted by Crippen LogP contribution is -2.47. The molecule has 21 heavy (non-hydrogen) atoms. The molecule has 0 radical (unpaired) electrons. The molecule has 118 valence electrons. The van der Waals surface area contributed by atoms with Crippen LogP contribution in [0.4, 0.5) is 5.69 Å². The highest BCUT2D eigenvalue weighted by atomic mass is 32.2. The van der Waals surface area contributed by atoms with Gasteiger partial charge in [-0.3, -0.25) is 0 Å². The van der Waals surface area contributed by atoms with Gasteiger partial charge < -0.3 is 15.4 Å². The third-order valence-electron chi connectivity index (χ3n) is 4.01. The molecule has 7 heteroatoms. The number of anilines is 1. The van der Waals surface area contributed by atoms with Gasteiger partial charge in [-0.2, -0.15) is 0 Å². The van der Waals surface area contributed by atoms with Crippen molar-refractivity contribution in [1.82, 2.24) is 9.62 Å². The number of sulfonamides is 1. The predicted molar refractivity (Wildman–Crippen MR) is 82.8 cm³/mol. The van der Waals surface area contributed by atoms with E-state index in [1.54, 1.807) is 12.1 Å². The van der Waals surface area contributed by atoms with E-state index in [9.17, 15) is 8.42 Å². The van der Waals surface area contributed by atoms with E-state index in [1.807, 2.05) is 0 Å². The zero-order valence-electron chi connectivity index (χ0n) is 12.7. The molecule has 1 aromatic carbocycles. The Bertz CT molecular complexity index is 603. The van der Waals surface area contributed by atoms with Crippen LogP contribution in [0, 0.1) is 0 Å². The van der Waals surface area contributed by atoms with E-state index in [1.165, 1.54) is 13.2 Å². The van der Waals surface area contributed by atoms with E-state index < -0.39 is 10.0 Å². The summed E-state index contributed by atoms with van der Waals surface area (Å²) in [5.74, 6) is 0.303.